The fraction of sp³-hybridized carbons (Fsp3) is 0. The fourth-order valence-corrected chi connectivity index (χ4v) is 1.77. The maximum Gasteiger partial charge on any atom is 0.294 e. The van der Waals surface area contributed by atoms with Gasteiger partial charge in [-0.15, -0.1) is 0 Å². The van der Waals surface area contributed by atoms with Crippen LogP contribution in [0.15, 0.2) is 34.1 Å². The summed E-state index contributed by atoms with van der Waals surface area (Å²) in [5, 5.41) is 0. The van der Waals surface area contributed by atoms with Crippen molar-refractivity contribution in [3.8, 4) is 0 Å². The Bertz CT molecular complexity index is 436. The Morgan fingerprint density at radius 2 is 1.92 bits per heavy atom. The Morgan fingerprint density at radius 3 is 2.38 bits per heavy atom. The smallest absolute Gasteiger partial charge is 0.294 e. The molecule has 0 aliphatic rings. The Morgan fingerprint density at radius 1 is 1.31 bits per heavy atom. The zero-order valence-corrected chi connectivity index (χ0v) is 7.88. The molecule has 0 spiro atoms. The minimum absolute atomic E-state index is 0.0740. The van der Waals surface area contributed by atoms with Crippen LogP contribution in [0, 0.1) is 0 Å². The third-order valence-corrected chi connectivity index (χ3v) is 2.81. The van der Waals surface area contributed by atoms with Gasteiger partial charge in [-0.3, -0.25) is 4.55 Å². The van der Waals surface area contributed by atoms with Crippen molar-refractivity contribution < 1.29 is 21.7 Å². The molecule has 0 bridgehead atoms. The molecule has 0 aromatic heterocycles. The molecular weight excluding hydrogens is 216 g/mol. The Labute approximate surface area is 77.4 Å². The average molecular weight is 222 g/mol. The first-order valence-electron chi connectivity index (χ1n) is 3.09. The summed E-state index contributed by atoms with van der Waals surface area (Å²) in [6.45, 7) is 0. The predicted octanol–water partition coefficient (Wildman–Crippen LogP) is 0.514. The van der Waals surface area contributed by atoms with Crippen molar-refractivity contribution >= 4 is 21.2 Å². The van der Waals surface area contributed by atoms with E-state index in [0.717, 1.165) is 12.1 Å². The van der Waals surface area contributed by atoms with Crippen molar-refractivity contribution in [3.63, 3.8) is 0 Å². The minimum Gasteiger partial charge on any atom is -0.302 e. The lowest BCUT2D eigenvalue weighted by Gasteiger charge is -1.98. The van der Waals surface area contributed by atoms with Gasteiger partial charge in [0, 0.05) is 0 Å². The monoisotopic (exact) mass is 222 g/mol. The van der Waals surface area contributed by atoms with Crippen LogP contribution < -0.4 is 0 Å². The maximum atomic E-state index is 10.6. The molecule has 0 radical (unpaired) electrons. The summed E-state index contributed by atoms with van der Waals surface area (Å²) in [5.41, 5.74) is 0. The maximum absolute atomic E-state index is 10.6. The molecule has 0 saturated heterocycles. The zero-order valence-electron chi connectivity index (χ0n) is 6.25. The van der Waals surface area contributed by atoms with Crippen LogP contribution in [0.25, 0.3) is 0 Å². The van der Waals surface area contributed by atoms with Gasteiger partial charge in [-0.25, -0.2) is 4.21 Å². The summed E-state index contributed by atoms with van der Waals surface area (Å²) in [7, 11) is -4.30. The highest BCUT2D eigenvalue weighted by molar-refractivity contribution is 7.86. The lowest BCUT2D eigenvalue weighted by Crippen LogP contribution is -1.99. The van der Waals surface area contributed by atoms with Gasteiger partial charge in [0.15, 0.2) is 11.1 Å². The third kappa shape index (κ3) is 2.59. The summed E-state index contributed by atoms with van der Waals surface area (Å²) < 4.78 is 48.9. The molecule has 13 heavy (non-hydrogen) atoms. The second-order valence-electron chi connectivity index (χ2n) is 2.20. The molecule has 0 heterocycles. The van der Waals surface area contributed by atoms with Crippen LogP contribution in [0.1, 0.15) is 0 Å². The molecule has 1 rings (SSSR count). The highest BCUT2D eigenvalue weighted by Gasteiger charge is 2.10. The Balaban J connectivity index is 3.29. The van der Waals surface area contributed by atoms with Crippen molar-refractivity contribution in [3.05, 3.63) is 24.3 Å². The minimum atomic E-state index is -4.30. The van der Waals surface area contributed by atoms with Crippen LogP contribution in [0.2, 0.25) is 0 Å². The zero-order chi connectivity index (χ0) is 10.1. The van der Waals surface area contributed by atoms with E-state index in [4.69, 9.17) is 9.11 Å². The quantitative estimate of drug-likeness (QED) is 0.562. The predicted molar refractivity (Wildman–Crippen MR) is 45.3 cm³/mol. The van der Waals surface area contributed by atoms with Gasteiger partial charge < -0.3 is 4.55 Å². The van der Waals surface area contributed by atoms with Crippen molar-refractivity contribution in [2.45, 2.75) is 9.79 Å². The molecule has 5 nitrogen and oxygen atoms in total. The average Bonchev–Trinajstić information content (AvgIpc) is 2.03. The van der Waals surface area contributed by atoms with Crippen LogP contribution in [-0.2, 0) is 21.2 Å². The van der Waals surface area contributed by atoms with Crippen LogP contribution in [0.5, 0.6) is 0 Å². The largest absolute Gasteiger partial charge is 0.302 e. The molecule has 0 saturated carbocycles. The van der Waals surface area contributed by atoms with Gasteiger partial charge in [-0.1, -0.05) is 6.07 Å². The van der Waals surface area contributed by atoms with E-state index in [2.05, 4.69) is 0 Å². The molecule has 7 heteroatoms. The van der Waals surface area contributed by atoms with Crippen molar-refractivity contribution in [1.29, 1.82) is 0 Å². The normalized spacial score (nSPS) is 14.0. The topological polar surface area (TPSA) is 91.7 Å². The molecule has 0 amide bonds. The van der Waals surface area contributed by atoms with E-state index in [-0.39, 0.29) is 4.90 Å². The van der Waals surface area contributed by atoms with Gasteiger partial charge in [-0.05, 0) is 18.2 Å². The van der Waals surface area contributed by atoms with Gasteiger partial charge in [-0.2, -0.15) is 8.42 Å². The lowest BCUT2D eigenvalue weighted by molar-refractivity contribution is 0.483. The summed E-state index contributed by atoms with van der Waals surface area (Å²) in [6.07, 6.45) is 0. The summed E-state index contributed by atoms with van der Waals surface area (Å²) >= 11 is -2.25. The molecule has 1 unspecified atom stereocenters. The molecule has 0 fully saturated rings. The Kier molecular flexibility index (Phi) is 2.81. The number of hydrogen-bond donors (Lipinski definition) is 2. The highest BCUT2D eigenvalue weighted by atomic mass is 32.2. The fourth-order valence-electron chi connectivity index (χ4n) is 0.743. The number of benzene rings is 1. The summed E-state index contributed by atoms with van der Waals surface area (Å²) in [6, 6.07) is 4.62. The van der Waals surface area contributed by atoms with Gasteiger partial charge in [0.2, 0.25) is 0 Å². The van der Waals surface area contributed by atoms with E-state index >= 15 is 0 Å². The first-order chi connectivity index (χ1) is 5.91. The van der Waals surface area contributed by atoms with E-state index in [9.17, 15) is 12.6 Å². The summed E-state index contributed by atoms with van der Waals surface area (Å²) in [4.78, 5) is -0.470. The van der Waals surface area contributed by atoms with Crippen LogP contribution in [-0.4, -0.2) is 21.7 Å². The molecule has 0 aliphatic carbocycles. The standard InChI is InChI=1S/C6H6O5S2/c7-12(8)5-2-1-3-6(4-5)13(9,10)11/h1-4H,(H,7,8)(H,9,10,11). The van der Waals surface area contributed by atoms with Gasteiger partial charge in [0.25, 0.3) is 10.1 Å². The molecule has 1 aromatic carbocycles. The lowest BCUT2D eigenvalue weighted by atomic mass is 10.4. The highest BCUT2D eigenvalue weighted by Crippen LogP contribution is 2.12. The van der Waals surface area contributed by atoms with Gasteiger partial charge >= 0.3 is 0 Å². The van der Waals surface area contributed by atoms with Crippen molar-refractivity contribution in [2.75, 3.05) is 0 Å². The van der Waals surface area contributed by atoms with E-state index < -0.39 is 26.1 Å². The number of rotatable bonds is 2. The molecular formula is C6H6O5S2. The molecule has 1 atom stereocenters. The first-order valence-corrected chi connectivity index (χ1v) is 5.64. The molecule has 72 valence electrons. The molecule has 1 aromatic rings. The third-order valence-electron chi connectivity index (χ3n) is 1.30. The second kappa shape index (κ2) is 3.54. The van der Waals surface area contributed by atoms with E-state index in [0.29, 0.717) is 0 Å². The van der Waals surface area contributed by atoms with E-state index in [1.165, 1.54) is 12.1 Å². The van der Waals surface area contributed by atoms with Crippen molar-refractivity contribution in [2.24, 2.45) is 0 Å². The molecule has 0 aliphatic heterocycles. The molecule has 2 N–H and O–H groups in total. The SMILES string of the molecule is O=S(O)c1cccc(S(=O)(=O)O)c1. The Hall–Kier alpha value is -0.760. The second-order valence-corrected chi connectivity index (χ2v) is 4.59. The van der Waals surface area contributed by atoms with Gasteiger partial charge in [0.1, 0.15) is 0 Å². The van der Waals surface area contributed by atoms with E-state index in [1.807, 2.05) is 0 Å². The van der Waals surface area contributed by atoms with E-state index in [1.54, 1.807) is 0 Å². The summed E-state index contributed by atoms with van der Waals surface area (Å²) in [5.74, 6) is 0. The van der Waals surface area contributed by atoms with Gasteiger partial charge in [0.05, 0.1) is 9.79 Å². The first kappa shape index (κ1) is 10.3. The van der Waals surface area contributed by atoms with Crippen molar-refractivity contribution in [1.82, 2.24) is 0 Å². The van der Waals surface area contributed by atoms with Crippen LogP contribution in [0.3, 0.4) is 0 Å². The van der Waals surface area contributed by atoms with Crippen LogP contribution in [0.4, 0.5) is 0 Å². The number of hydrogen-bond acceptors (Lipinski definition) is 3. The van der Waals surface area contributed by atoms with Crippen LogP contribution >= 0.6 is 0 Å².